The molecule has 0 unspecified atom stereocenters. The average Bonchev–Trinajstić information content (AvgIpc) is 2.35. The number of ether oxygens (including phenoxy) is 1. The summed E-state index contributed by atoms with van der Waals surface area (Å²) in [5.41, 5.74) is 2.62. The lowest BCUT2D eigenvalue weighted by molar-refractivity contribution is 0.319. The van der Waals surface area contributed by atoms with Crippen LogP contribution in [0.5, 0.6) is 5.75 Å². The molecule has 88 valence electrons. The molecule has 0 radical (unpaired) electrons. The van der Waals surface area contributed by atoms with Crippen LogP contribution in [0.2, 0.25) is 0 Å². The Morgan fingerprint density at radius 1 is 1.44 bits per heavy atom. The summed E-state index contributed by atoms with van der Waals surface area (Å²) in [6.45, 7) is 1.89. The minimum Gasteiger partial charge on any atom is -0.491 e. The van der Waals surface area contributed by atoms with Crippen molar-refractivity contribution in [2.24, 2.45) is 0 Å². The van der Waals surface area contributed by atoms with Crippen LogP contribution < -0.4 is 10.1 Å². The van der Waals surface area contributed by atoms with Crippen molar-refractivity contribution >= 4 is 17.4 Å². The van der Waals surface area contributed by atoms with E-state index >= 15 is 0 Å². The zero-order valence-corrected chi connectivity index (χ0v) is 10.6. The Kier molecular flexibility index (Phi) is 4.40. The van der Waals surface area contributed by atoms with Gasteiger partial charge in [-0.25, -0.2) is 0 Å². The number of thioether (sulfide) groups is 1. The number of benzene rings is 1. The van der Waals surface area contributed by atoms with Crippen LogP contribution in [-0.4, -0.2) is 25.2 Å². The van der Waals surface area contributed by atoms with E-state index in [2.05, 4.69) is 29.8 Å². The third kappa shape index (κ3) is 2.85. The maximum absolute atomic E-state index is 5.83. The van der Waals surface area contributed by atoms with E-state index in [1.165, 1.54) is 29.8 Å². The highest BCUT2D eigenvalue weighted by Gasteiger charge is 2.12. The van der Waals surface area contributed by atoms with Gasteiger partial charge in [-0.05, 0) is 42.9 Å². The van der Waals surface area contributed by atoms with Crippen LogP contribution in [0, 0.1) is 0 Å². The lowest BCUT2D eigenvalue weighted by Gasteiger charge is -2.21. The van der Waals surface area contributed by atoms with Crippen LogP contribution in [0.15, 0.2) is 18.2 Å². The van der Waals surface area contributed by atoms with Crippen molar-refractivity contribution in [3.63, 3.8) is 0 Å². The molecule has 0 atom stereocenters. The summed E-state index contributed by atoms with van der Waals surface area (Å²) in [4.78, 5) is 0. The number of anilines is 1. The molecule has 2 rings (SSSR count). The maximum Gasteiger partial charge on any atom is 0.142 e. The fourth-order valence-electron chi connectivity index (χ4n) is 1.98. The third-order valence-corrected chi connectivity index (χ3v) is 3.48. The molecule has 1 aliphatic heterocycles. The van der Waals surface area contributed by atoms with Gasteiger partial charge in [-0.2, -0.15) is 11.8 Å². The fraction of sp³-hybridized carbons (Fsp3) is 0.538. The van der Waals surface area contributed by atoms with Crippen LogP contribution in [-0.2, 0) is 6.42 Å². The molecule has 1 aromatic rings. The summed E-state index contributed by atoms with van der Waals surface area (Å²) in [6, 6.07) is 6.35. The zero-order valence-electron chi connectivity index (χ0n) is 9.79. The molecule has 0 saturated carbocycles. The molecule has 0 fully saturated rings. The van der Waals surface area contributed by atoms with Crippen LogP contribution in [0.1, 0.15) is 18.4 Å². The lowest BCUT2D eigenvalue weighted by Crippen LogP contribution is -2.13. The van der Waals surface area contributed by atoms with E-state index in [-0.39, 0.29) is 0 Å². The Morgan fingerprint density at radius 2 is 2.38 bits per heavy atom. The van der Waals surface area contributed by atoms with Crippen LogP contribution in [0.25, 0.3) is 0 Å². The highest BCUT2D eigenvalue weighted by Crippen LogP contribution is 2.31. The van der Waals surface area contributed by atoms with Crippen molar-refractivity contribution in [2.45, 2.75) is 19.3 Å². The summed E-state index contributed by atoms with van der Waals surface area (Å²) in [5.74, 6) is 2.20. The summed E-state index contributed by atoms with van der Waals surface area (Å²) >= 11 is 1.87. The van der Waals surface area contributed by atoms with Crippen molar-refractivity contribution in [1.82, 2.24) is 0 Å². The second-order valence-electron chi connectivity index (χ2n) is 4.02. The van der Waals surface area contributed by atoms with Crippen molar-refractivity contribution in [3.05, 3.63) is 23.8 Å². The molecule has 0 spiro atoms. The van der Waals surface area contributed by atoms with E-state index in [1.807, 2.05) is 11.8 Å². The molecule has 0 saturated heterocycles. The van der Waals surface area contributed by atoms with E-state index in [0.29, 0.717) is 0 Å². The predicted octanol–water partition coefficient (Wildman–Crippen LogP) is 3.18. The Balaban J connectivity index is 1.97. The first-order valence-electron chi connectivity index (χ1n) is 5.89. The summed E-state index contributed by atoms with van der Waals surface area (Å²) < 4.78 is 5.83. The smallest absolute Gasteiger partial charge is 0.142 e. The number of rotatable bonds is 5. The number of aryl methyl sites for hydroxylation is 1. The highest BCUT2D eigenvalue weighted by atomic mass is 32.2. The Hall–Kier alpha value is -0.830. The van der Waals surface area contributed by atoms with Gasteiger partial charge in [-0.3, -0.25) is 0 Å². The van der Waals surface area contributed by atoms with Gasteiger partial charge >= 0.3 is 0 Å². The second-order valence-corrected chi connectivity index (χ2v) is 5.00. The van der Waals surface area contributed by atoms with E-state index in [9.17, 15) is 0 Å². The molecule has 0 aromatic heterocycles. The van der Waals surface area contributed by atoms with Crippen molar-refractivity contribution in [1.29, 1.82) is 0 Å². The average molecular weight is 237 g/mol. The van der Waals surface area contributed by atoms with Crippen molar-refractivity contribution < 1.29 is 4.74 Å². The number of hydrogen-bond acceptors (Lipinski definition) is 3. The molecule has 1 N–H and O–H groups in total. The van der Waals surface area contributed by atoms with Crippen LogP contribution >= 0.6 is 11.8 Å². The van der Waals surface area contributed by atoms with Crippen molar-refractivity contribution in [3.8, 4) is 5.75 Å². The second kappa shape index (κ2) is 6.04. The SMILES string of the molecule is CSCCCOc1cccc2c1NCCC2. The van der Waals surface area contributed by atoms with Gasteiger partial charge in [0.15, 0.2) is 0 Å². The molecule has 0 bridgehead atoms. The Bertz CT molecular complexity index is 341. The molecular formula is C13H19NOS. The molecule has 0 amide bonds. The molecule has 3 heteroatoms. The quantitative estimate of drug-likeness (QED) is 0.795. The van der Waals surface area contributed by atoms with Gasteiger partial charge in [0.25, 0.3) is 0 Å². The highest BCUT2D eigenvalue weighted by molar-refractivity contribution is 7.98. The molecule has 2 nitrogen and oxygen atoms in total. The Morgan fingerprint density at radius 3 is 3.25 bits per heavy atom. The van der Waals surface area contributed by atoms with Gasteiger partial charge < -0.3 is 10.1 Å². The first kappa shape index (κ1) is 11.6. The van der Waals surface area contributed by atoms with Crippen molar-refractivity contribution in [2.75, 3.05) is 30.5 Å². The minimum atomic E-state index is 0.818. The number of hydrogen-bond donors (Lipinski definition) is 1. The minimum absolute atomic E-state index is 0.818. The molecule has 16 heavy (non-hydrogen) atoms. The van der Waals surface area contributed by atoms with Gasteiger partial charge in [-0.15, -0.1) is 0 Å². The molecule has 0 aliphatic carbocycles. The van der Waals surface area contributed by atoms with E-state index < -0.39 is 0 Å². The normalized spacial score (nSPS) is 14.1. The van der Waals surface area contributed by atoms with Gasteiger partial charge in [-0.1, -0.05) is 12.1 Å². The number of fused-ring (bicyclic) bond motifs is 1. The maximum atomic E-state index is 5.83. The van der Waals surface area contributed by atoms with Crippen LogP contribution in [0.4, 0.5) is 5.69 Å². The predicted molar refractivity (Wildman–Crippen MR) is 71.7 cm³/mol. The van der Waals surface area contributed by atoms with E-state index in [0.717, 1.165) is 25.3 Å². The van der Waals surface area contributed by atoms with E-state index in [4.69, 9.17) is 4.74 Å². The fourth-order valence-corrected chi connectivity index (χ4v) is 2.39. The standard InChI is InChI=1S/C13H19NOS/c1-16-10-4-9-15-12-7-2-5-11-6-3-8-14-13(11)12/h2,5,7,14H,3-4,6,8-10H2,1H3. The monoisotopic (exact) mass is 237 g/mol. The molecular weight excluding hydrogens is 218 g/mol. The molecule has 1 aliphatic rings. The van der Waals surface area contributed by atoms with Gasteiger partial charge in [0.1, 0.15) is 5.75 Å². The number of para-hydroxylation sites is 1. The first-order valence-corrected chi connectivity index (χ1v) is 7.28. The number of nitrogens with one attached hydrogen (secondary N) is 1. The van der Waals surface area contributed by atoms with Gasteiger partial charge in [0.2, 0.25) is 0 Å². The summed E-state index contributed by atoms with van der Waals surface area (Å²) in [6.07, 6.45) is 5.64. The van der Waals surface area contributed by atoms with Gasteiger partial charge in [0, 0.05) is 6.54 Å². The van der Waals surface area contributed by atoms with E-state index in [1.54, 1.807) is 0 Å². The van der Waals surface area contributed by atoms with Crippen LogP contribution in [0.3, 0.4) is 0 Å². The molecule has 1 aromatic carbocycles. The largest absolute Gasteiger partial charge is 0.491 e. The Labute approximate surface area is 102 Å². The summed E-state index contributed by atoms with van der Waals surface area (Å²) in [7, 11) is 0. The first-order chi connectivity index (χ1) is 7.92. The lowest BCUT2D eigenvalue weighted by atomic mass is 10.0. The molecule has 1 heterocycles. The summed E-state index contributed by atoms with van der Waals surface area (Å²) in [5, 5.41) is 3.44. The topological polar surface area (TPSA) is 21.3 Å². The zero-order chi connectivity index (χ0) is 11.2. The third-order valence-electron chi connectivity index (χ3n) is 2.79. The van der Waals surface area contributed by atoms with Gasteiger partial charge in [0.05, 0.1) is 12.3 Å².